The van der Waals surface area contributed by atoms with Crippen molar-refractivity contribution >= 4 is 12.1 Å². The molecule has 12 heavy (non-hydrogen) atoms. The average molecular weight is 162 g/mol. The van der Waals surface area contributed by atoms with Crippen LogP contribution in [0.4, 0.5) is 0 Å². The number of amidine groups is 1. The Kier molecular flexibility index (Phi) is 2.58. The number of aldehydes is 1. The van der Waals surface area contributed by atoms with Crippen molar-refractivity contribution in [3.8, 4) is 0 Å². The van der Waals surface area contributed by atoms with Crippen LogP contribution in [0.3, 0.4) is 0 Å². The van der Waals surface area contributed by atoms with Gasteiger partial charge in [-0.1, -0.05) is 24.3 Å². The van der Waals surface area contributed by atoms with Crippen LogP contribution in [0, 0.1) is 5.41 Å². The van der Waals surface area contributed by atoms with Crippen LogP contribution in [-0.4, -0.2) is 12.1 Å². The summed E-state index contributed by atoms with van der Waals surface area (Å²) in [6.45, 7) is 0. The lowest BCUT2D eigenvalue weighted by Crippen LogP contribution is -2.13. The Labute approximate surface area is 70.7 Å². The Morgan fingerprint density at radius 3 is 2.75 bits per heavy atom. The molecule has 0 aliphatic rings. The molecule has 0 amide bonds. The molecule has 0 aliphatic heterocycles. The fourth-order valence-electron chi connectivity index (χ4n) is 1.05. The second kappa shape index (κ2) is 3.67. The molecule has 3 N–H and O–H groups in total. The van der Waals surface area contributed by atoms with Gasteiger partial charge in [-0.2, -0.15) is 0 Å². The van der Waals surface area contributed by atoms with E-state index < -0.39 is 0 Å². The molecule has 62 valence electrons. The molecule has 3 nitrogen and oxygen atoms in total. The summed E-state index contributed by atoms with van der Waals surface area (Å²) in [5.41, 5.74) is 6.76. The number of nitrogens with one attached hydrogen (secondary N) is 1. The number of hydrogen-bond acceptors (Lipinski definition) is 2. The van der Waals surface area contributed by atoms with Gasteiger partial charge < -0.3 is 10.5 Å². The number of nitrogen functional groups attached to an aromatic ring is 1. The minimum absolute atomic E-state index is 0.00690. The van der Waals surface area contributed by atoms with Crippen LogP contribution in [0.25, 0.3) is 0 Å². The molecule has 0 radical (unpaired) electrons. The van der Waals surface area contributed by atoms with Gasteiger partial charge in [-0.15, -0.1) is 0 Å². The van der Waals surface area contributed by atoms with Crippen LogP contribution in [0.5, 0.6) is 0 Å². The van der Waals surface area contributed by atoms with Crippen LogP contribution >= 0.6 is 0 Å². The van der Waals surface area contributed by atoms with Gasteiger partial charge in [0, 0.05) is 12.0 Å². The Morgan fingerprint density at radius 2 is 2.17 bits per heavy atom. The molecule has 0 bridgehead atoms. The minimum atomic E-state index is 0.00690. The number of nitrogens with two attached hydrogens (primary N) is 1. The number of hydrogen-bond donors (Lipinski definition) is 2. The van der Waals surface area contributed by atoms with E-state index in [4.69, 9.17) is 11.1 Å². The summed E-state index contributed by atoms with van der Waals surface area (Å²) in [4.78, 5) is 10.2. The van der Waals surface area contributed by atoms with E-state index in [-0.39, 0.29) is 5.84 Å². The Morgan fingerprint density at radius 1 is 1.50 bits per heavy atom. The van der Waals surface area contributed by atoms with Crippen molar-refractivity contribution in [3.63, 3.8) is 0 Å². The minimum Gasteiger partial charge on any atom is -0.384 e. The summed E-state index contributed by atoms with van der Waals surface area (Å²) in [7, 11) is 0. The summed E-state index contributed by atoms with van der Waals surface area (Å²) in [6.07, 6.45) is 1.12. The first-order valence-corrected chi connectivity index (χ1v) is 3.61. The van der Waals surface area contributed by atoms with Gasteiger partial charge in [0.05, 0.1) is 0 Å². The van der Waals surface area contributed by atoms with Crippen molar-refractivity contribution in [2.24, 2.45) is 5.73 Å². The SMILES string of the molecule is N=C(N)c1ccccc1CC=O. The molecule has 1 aromatic rings. The highest BCUT2D eigenvalue weighted by molar-refractivity contribution is 5.96. The zero-order valence-electron chi connectivity index (χ0n) is 6.58. The molecule has 0 fully saturated rings. The predicted molar refractivity (Wildman–Crippen MR) is 47.2 cm³/mol. The third-order valence-electron chi connectivity index (χ3n) is 1.61. The van der Waals surface area contributed by atoms with Crippen molar-refractivity contribution in [2.45, 2.75) is 6.42 Å². The Bertz CT molecular complexity index is 307. The van der Waals surface area contributed by atoms with Gasteiger partial charge in [0.2, 0.25) is 0 Å². The van der Waals surface area contributed by atoms with Gasteiger partial charge in [0.1, 0.15) is 12.1 Å². The van der Waals surface area contributed by atoms with E-state index >= 15 is 0 Å². The van der Waals surface area contributed by atoms with E-state index in [9.17, 15) is 4.79 Å². The maximum atomic E-state index is 10.2. The van der Waals surface area contributed by atoms with Gasteiger partial charge in [-0.05, 0) is 5.56 Å². The van der Waals surface area contributed by atoms with Crippen molar-refractivity contribution in [2.75, 3.05) is 0 Å². The second-order valence-electron chi connectivity index (χ2n) is 2.44. The third kappa shape index (κ3) is 1.69. The first kappa shape index (κ1) is 8.46. The third-order valence-corrected chi connectivity index (χ3v) is 1.61. The largest absolute Gasteiger partial charge is 0.384 e. The first-order chi connectivity index (χ1) is 5.75. The Hall–Kier alpha value is -1.64. The summed E-state index contributed by atoms with van der Waals surface area (Å²) < 4.78 is 0. The maximum absolute atomic E-state index is 10.2. The lowest BCUT2D eigenvalue weighted by atomic mass is 10.0. The van der Waals surface area contributed by atoms with Gasteiger partial charge in [-0.3, -0.25) is 5.41 Å². The summed E-state index contributed by atoms with van der Waals surface area (Å²) in [5.74, 6) is 0.00690. The molecule has 0 heterocycles. The molecule has 0 spiro atoms. The molecule has 0 aliphatic carbocycles. The molecule has 0 unspecified atom stereocenters. The number of carbonyl (C=O) groups is 1. The van der Waals surface area contributed by atoms with E-state index in [0.717, 1.165) is 11.8 Å². The van der Waals surface area contributed by atoms with E-state index in [2.05, 4.69) is 0 Å². The average Bonchev–Trinajstić information content (AvgIpc) is 2.05. The van der Waals surface area contributed by atoms with Crippen LogP contribution < -0.4 is 5.73 Å². The van der Waals surface area contributed by atoms with E-state index in [1.165, 1.54) is 0 Å². The van der Waals surface area contributed by atoms with Crippen LogP contribution in [0.15, 0.2) is 24.3 Å². The normalized spacial score (nSPS) is 9.33. The highest BCUT2D eigenvalue weighted by atomic mass is 16.1. The summed E-state index contributed by atoms with van der Waals surface area (Å²) in [6, 6.07) is 7.16. The van der Waals surface area contributed by atoms with Crippen molar-refractivity contribution < 1.29 is 4.79 Å². The lowest BCUT2D eigenvalue weighted by Gasteiger charge is -2.03. The zero-order valence-corrected chi connectivity index (χ0v) is 6.58. The Balaban J connectivity index is 3.07. The van der Waals surface area contributed by atoms with Crippen LogP contribution in [0.2, 0.25) is 0 Å². The molecular weight excluding hydrogens is 152 g/mol. The molecule has 0 atom stereocenters. The van der Waals surface area contributed by atoms with E-state index in [1.54, 1.807) is 18.2 Å². The fourth-order valence-corrected chi connectivity index (χ4v) is 1.05. The van der Waals surface area contributed by atoms with Crippen molar-refractivity contribution in [3.05, 3.63) is 35.4 Å². The fraction of sp³-hybridized carbons (Fsp3) is 0.111. The molecule has 1 rings (SSSR count). The maximum Gasteiger partial charge on any atom is 0.124 e. The smallest absolute Gasteiger partial charge is 0.124 e. The second-order valence-corrected chi connectivity index (χ2v) is 2.44. The molecule has 0 aromatic heterocycles. The highest BCUT2D eigenvalue weighted by Gasteiger charge is 2.02. The van der Waals surface area contributed by atoms with Gasteiger partial charge in [0.25, 0.3) is 0 Å². The van der Waals surface area contributed by atoms with Gasteiger partial charge in [-0.25, -0.2) is 0 Å². The predicted octanol–water partition coefficient (Wildman–Crippen LogP) is 0.712. The lowest BCUT2D eigenvalue weighted by molar-refractivity contribution is -0.107. The van der Waals surface area contributed by atoms with E-state index in [0.29, 0.717) is 12.0 Å². The van der Waals surface area contributed by atoms with Crippen LogP contribution in [-0.2, 0) is 11.2 Å². The van der Waals surface area contributed by atoms with Crippen molar-refractivity contribution in [1.29, 1.82) is 5.41 Å². The number of rotatable bonds is 3. The number of benzene rings is 1. The van der Waals surface area contributed by atoms with Crippen molar-refractivity contribution in [1.82, 2.24) is 0 Å². The topological polar surface area (TPSA) is 66.9 Å². The summed E-state index contributed by atoms with van der Waals surface area (Å²) >= 11 is 0. The molecule has 0 saturated carbocycles. The van der Waals surface area contributed by atoms with Crippen LogP contribution in [0.1, 0.15) is 11.1 Å². The zero-order chi connectivity index (χ0) is 8.97. The molecule has 1 aromatic carbocycles. The first-order valence-electron chi connectivity index (χ1n) is 3.61. The monoisotopic (exact) mass is 162 g/mol. The molecule has 3 heteroatoms. The highest BCUT2D eigenvalue weighted by Crippen LogP contribution is 2.07. The van der Waals surface area contributed by atoms with Gasteiger partial charge in [0.15, 0.2) is 0 Å². The quantitative estimate of drug-likeness (QED) is 0.390. The standard InChI is InChI=1S/C9H10N2O/c10-9(11)8-4-2-1-3-7(8)5-6-12/h1-4,6H,5H2,(H3,10,11). The van der Waals surface area contributed by atoms with E-state index in [1.807, 2.05) is 6.07 Å². The molecular formula is C9H10N2O. The molecule has 0 saturated heterocycles. The summed E-state index contributed by atoms with van der Waals surface area (Å²) in [5, 5.41) is 7.22. The van der Waals surface area contributed by atoms with Gasteiger partial charge >= 0.3 is 0 Å². The number of carbonyl (C=O) groups excluding carboxylic acids is 1.